The molecule has 4 heteroatoms. The summed E-state index contributed by atoms with van der Waals surface area (Å²) in [6, 6.07) is 7.11. The largest absolute Gasteiger partial charge is 0.633 e. The fourth-order valence-electron chi connectivity index (χ4n) is 1.93. The second kappa shape index (κ2) is 4.00. The molecule has 2 unspecified atom stereocenters. The Morgan fingerprint density at radius 2 is 2.13 bits per heavy atom. The number of hydroxylamine groups is 2. The van der Waals surface area contributed by atoms with Gasteiger partial charge < -0.3 is 15.0 Å². The summed E-state index contributed by atoms with van der Waals surface area (Å²) in [7, 11) is 1.32. The molecule has 2 rings (SSSR count). The van der Waals surface area contributed by atoms with Gasteiger partial charge in [0.1, 0.15) is 6.54 Å². The van der Waals surface area contributed by atoms with Gasteiger partial charge in [-0.05, 0) is 5.56 Å². The molecule has 0 spiro atoms. The standard InChI is InChI=1S/C11H13NO3/c1-15-11(13)10-6-8-4-2-3-5-9(8)7-12(10)14/h2-5,10,12H,6-7H2,1H3. The predicted octanol–water partition coefficient (Wildman–Crippen LogP) is -0.333. The first-order valence-electron chi connectivity index (χ1n) is 4.89. The van der Waals surface area contributed by atoms with Gasteiger partial charge in [-0.2, -0.15) is 0 Å². The highest BCUT2D eigenvalue weighted by Gasteiger charge is 2.31. The normalized spacial score (nSPS) is 24.4. The number of esters is 1. The van der Waals surface area contributed by atoms with Crippen LogP contribution >= 0.6 is 0 Å². The van der Waals surface area contributed by atoms with Crippen molar-refractivity contribution in [3.8, 4) is 0 Å². The average molecular weight is 207 g/mol. The molecule has 0 aliphatic carbocycles. The van der Waals surface area contributed by atoms with E-state index in [9.17, 15) is 10.0 Å². The molecule has 0 saturated carbocycles. The molecule has 1 N–H and O–H groups in total. The van der Waals surface area contributed by atoms with E-state index in [0.717, 1.165) is 11.1 Å². The molecule has 1 aliphatic rings. The summed E-state index contributed by atoms with van der Waals surface area (Å²) in [5.41, 5.74) is 2.11. The van der Waals surface area contributed by atoms with E-state index in [1.165, 1.54) is 7.11 Å². The van der Waals surface area contributed by atoms with Gasteiger partial charge >= 0.3 is 5.97 Å². The molecule has 1 aromatic carbocycles. The number of carbonyl (C=O) groups is 1. The van der Waals surface area contributed by atoms with Crippen molar-refractivity contribution >= 4 is 5.97 Å². The number of ether oxygens (including phenoxy) is 1. The van der Waals surface area contributed by atoms with Crippen LogP contribution < -0.4 is 5.06 Å². The third-order valence-electron chi connectivity index (χ3n) is 2.78. The van der Waals surface area contributed by atoms with Gasteiger partial charge in [-0.3, -0.25) is 0 Å². The average Bonchev–Trinajstić information content (AvgIpc) is 2.27. The first kappa shape index (κ1) is 10.1. The summed E-state index contributed by atoms with van der Waals surface area (Å²) in [6.45, 7) is 0.343. The van der Waals surface area contributed by atoms with Crippen LogP contribution in [0.25, 0.3) is 0 Å². The van der Waals surface area contributed by atoms with E-state index in [1.54, 1.807) is 0 Å². The lowest BCUT2D eigenvalue weighted by Crippen LogP contribution is -3.12. The second-order valence-corrected chi connectivity index (χ2v) is 3.69. The molecule has 1 aliphatic heterocycles. The van der Waals surface area contributed by atoms with E-state index in [2.05, 4.69) is 4.74 Å². The van der Waals surface area contributed by atoms with Crippen LogP contribution in [0.4, 0.5) is 0 Å². The van der Waals surface area contributed by atoms with E-state index in [0.29, 0.717) is 13.0 Å². The summed E-state index contributed by atoms with van der Waals surface area (Å²) in [5, 5.41) is 11.6. The van der Waals surface area contributed by atoms with Crippen LogP contribution in [-0.4, -0.2) is 19.1 Å². The summed E-state index contributed by atoms with van der Waals surface area (Å²) in [5.74, 6) is -0.422. The number of benzene rings is 1. The SMILES string of the molecule is COC(=O)C1Cc2ccccc2C[NH+]1[O-]. The molecule has 1 aromatic rings. The number of fused-ring (bicyclic) bond motifs is 1. The molecule has 0 aromatic heterocycles. The van der Waals surface area contributed by atoms with E-state index < -0.39 is 12.0 Å². The third kappa shape index (κ3) is 1.86. The molecule has 0 amide bonds. The van der Waals surface area contributed by atoms with E-state index in [-0.39, 0.29) is 5.06 Å². The van der Waals surface area contributed by atoms with Crippen molar-refractivity contribution in [3.05, 3.63) is 40.6 Å². The third-order valence-corrected chi connectivity index (χ3v) is 2.78. The molecule has 1 heterocycles. The van der Waals surface area contributed by atoms with Gasteiger partial charge in [0.15, 0.2) is 6.04 Å². The Hall–Kier alpha value is -1.39. The monoisotopic (exact) mass is 207 g/mol. The molecule has 0 radical (unpaired) electrons. The Morgan fingerprint density at radius 3 is 2.80 bits per heavy atom. The number of methoxy groups -OCH3 is 1. The zero-order valence-electron chi connectivity index (χ0n) is 8.53. The Labute approximate surface area is 88.0 Å². The molecular weight excluding hydrogens is 194 g/mol. The van der Waals surface area contributed by atoms with Crippen LogP contribution in [0.5, 0.6) is 0 Å². The van der Waals surface area contributed by atoms with E-state index in [1.807, 2.05) is 24.3 Å². The molecule has 0 saturated heterocycles. The summed E-state index contributed by atoms with van der Waals surface area (Å²) in [4.78, 5) is 11.3. The first-order chi connectivity index (χ1) is 7.22. The fraction of sp³-hybridized carbons (Fsp3) is 0.364. The van der Waals surface area contributed by atoms with Crippen LogP contribution in [0, 0.1) is 5.21 Å². The van der Waals surface area contributed by atoms with Crippen LogP contribution in [0.1, 0.15) is 11.1 Å². The van der Waals surface area contributed by atoms with Crippen LogP contribution in [0.15, 0.2) is 24.3 Å². The first-order valence-corrected chi connectivity index (χ1v) is 4.89. The van der Waals surface area contributed by atoms with Crippen molar-refractivity contribution in [1.29, 1.82) is 0 Å². The van der Waals surface area contributed by atoms with Gasteiger partial charge in [-0.25, -0.2) is 4.79 Å². The minimum Gasteiger partial charge on any atom is -0.633 e. The number of hydrogen-bond acceptors (Lipinski definition) is 3. The lowest BCUT2D eigenvalue weighted by Gasteiger charge is -2.34. The van der Waals surface area contributed by atoms with Crippen molar-refractivity contribution in [2.45, 2.75) is 19.0 Å². The Kier molecular flexibility index (Phi) is 2.70. The molecule has 0 bridgehead atoms. The Bertz CT molecular complexity index is 378. The maximum atomic E-state index is 11.7. The molecular formula is C11H13NO3. The highest BCUT2D eigenvalue weighted by molar-refractivity contribution is 5.74. The maximum Gasteiger partial charge on any atom is 0.365 e. The minimum atomic E-state index is -0.607. The molecule has 15 heavy (non-hydrogen) atoms. The minimum absolute atomic E-state index is 0.0412. The van der Waals surface area contributed by atoms with Crippen LogP contribution in [0.3, 0.4) is 0 Å². The van der Waals surface area contributed by atoms with Crippen molar-refractivity contribution < 1.29 is 14.6 Å². The van der Waals surface area contributed by atoms with Gasteiger partial charge in [0.05, 0.1) is 7.11 Å². The van der Waals surface area contributed by atoms with Gasteiger partial charge in [-0.1, -0.05) is 24.3 Å². The smallest absolute Gasteiger partial charge is 0.365 e. The molecule has 2 atom stereocenters. The van der Waals surface area contributed by atoms with E-state index in [4.69, 9.17) is 0 Å². The maximum absolute atomic E-state index is 11.7. The topological polar surface area (TPSA) is 53.8 Å². The Morgan fingerprint density at radius 1 is 1.47 bits per heavy atom. The van der Waals surface area contributed by atoms with Crippen molar-refractivity contribution in [2.24, 2.45) is 0 Å². The van der Waals surface area contributed by atoms with E-state index >= 15 is 0 Å². The number of nitrogens with one attached hydrogen (secondary N) is 1. The van der Waals surface area contributed by atoms with Gasteiger partial charge in [-0.15, -0.1) is 0 Å². The highest BCUT2D eigenvalue weighted by Crippen LogP contribution is 2.13. The number of quaternary nitrogens is 1. The fourth-order valence-corrected chi connectivity index (χ4v) is 1.93. The molecule has 4 nitrogen and oxygen atoms in total. The highest BCUT2D eigenvalue weighted by atomic mass is 16.5. The van der Waals surface area contributed by atoms with Gasteiger partial charge in [0.2, 0.25) is 0 Å². The number of hydrogen-bond donors (Lipinski definition) is 1. The lowest BCUT2D eigenvalue weighted by molar-refractivity contribution is -0.882. The van der Waals surface area contributed by atoms with Crippen molar-refractivity contribution in [1.82, 2.24) is 0 Å². The second-order valence-electron chi connectivity index (χ2n) is 3.69. The lowest BCUT2D eigenvalue weighted by atomic mass is 9.95. The van der Waals surface area contributed by atoms with Crippen molar-refractivity contribution in [3.63, 3.8) is 0 Å². The number of carbonyl (C=O) groups excluding carboxylic acids is 1. The van der Waals surface area contributed by atoms with Gasteiger partial charge in [0.25, 0.3) is 0 Å². The van der Waals surface area contributed by atoms with Crippen LogP contribution in [0.2, 0.25) is 0 Å². The summed E-state index contributed by atoms with van der Waals surface area (Å²) < 4.78 is 4.62. The zero-order chi connectivity index (χ0) is 10.8. The van der Waals surface area contributed by atoms with Crippen molar-refractivity contribution in [2.75, 3.05) is 7.11 Å². The summed E-state index contributed by atoms with van der Waals surface area (Å²) >= 11 is 0. The molecule has 80 valence electrons. The quantitative estimate of drug-likeness (QED) is 0.506. The number of rotatable bonds is 1. The summed E-state index contributed by atoms with van der Waals surface area (Å²) in [6.07, 6.45) is 0.474. The Balaban J connectivity index is 2.25. The molecule has 0 fully saturated rings. The van der Waals surface area contributed by atoms with Gasteiger partial charge in [0, 0.05) is 12.0 Å². The van der Waals surface area contributed by atoms with Crippen LogP contribution in [-0.2, 0) is 22.5 Å². The zero-order valence-corrected chi connectivity index (χ0v) is 8.53. The predicted molar refractivity (Wildman–Crippen MR) is 54.0 cm³/mol.